The van der Waals surface area contributed by atoms with Gasteiger partial charge in [-0.05, 0) is 43.0 Å². The number of nitro benzene ring substituents is 1. The van der Waals surface area contributed by atoms with Crippen LogP contribution < -0.4 is 5.73 Å². The molecular weight excluding hydrogens is 242 g/mol. The zero-order valence-corrected chi connectivity index (χ0v) is 11.6. The minimum absolute atomic E-state index is 0.00911. The Hall–Kier alpha value is -1.62. The molecule has 2 rings (SSSR count). The van der Waals surface area contributed by atoms with Gasteiger partial charge in [-0.15, -0.1) is 0 Å². The molecule has 0 atom stereocenters. The van der Waals surface area contributed by atoms with Crippen molar-refractivity contribution in [3.05, 3.63) is 33.9 Å². The zero-order chi connectivity index (χ0) is 14.0. The summed E-state index contributed by atoms with van der Waals surface area (Å²) in [6.07, 6.45) is 2.34. The lowest BCUT2D eigenvalue weighted by atomic mass is 9.82. The van der Waals surface area contributed by atoms with Crippen molar-refractivity contribution < 1.29 is 4.92 Å². The Morgan fingerprint density at radius 1 is 1.37 bits per heavy atom. The molecule has 0 aliphatic carbocycles. The first-order chi connectivity index (χ1) is 8.87. The number of benzene rings is 1. The highest BCUT2D eigenvalue weighted by molar-refractivity contribution is 5.59. The van der Waals surface area contributed by atoms with E-state index >= 15 is 0 Å². The van der Waals surface area contributed by atoms with E-state index in [-0.39, 0.29) is 11.4 Å². The highest BCUT2D eigenvalue weighted by Gasteiger charge is 2.25. The van der Waals surface area contributed by atoms with Gasteiger partial charge >= 0.3 is 0 Å². The summed E-state index contributed by atoms with van der Waals surface area (Å²) in [5.74, 6) is 0. The van der Waals surface area contributed by atoms with Crippen LogP contribution in [0.1, 0.15) is 32.3 Å². The van der Waals surface area contributed by atoms with Gasteiger partial charge in [-0.1, -0.05) is 19.9 Å². The van der Waals surface area contributed by atoms with E-state index in [0.717, 1.165) is 25.2 Å². The first kappa shape index (κ1) is 13.8. The van der Waals surface area contributed by atoms with E-state index in [9.17, 15) is 10.1 Å². The minimum Gasteiger partial charge on any atom is -0.393 e. The number of hydrogen-bond donors (Lipinski definition) is 1. The molecule has 5 heteroatoms. The van der Waals surface area contributed by atoms with Crippen LogP contribution in [-0.2, 0) is 6.54 Å². The van der Waals surface area contributed by atoms with Crippen LogP contribution in [0.5, 0.6) is 0 Å². The van der Waals surface area contributed by atoms with Crippen molar-refractivity contribution in [1.29, 1.82) is 0 Å². The molecular formula is C14H21N3O2. The fraction of sp³-hybridized carbons (Fsp3) is 0.571. The van der Waals surface area contributed by atoms with E-state index in [2.05, 4.69) is 18.7 Å². The number of nitrogen functional groups attached to an aromatic ring is 1. The van der Waals surface area contributed by atoms with Crippen molar-refractivity contribution in [3.63, 3.8) is 0 Å². The third-order valence-electron chi connectivity index (χ3n) is 3.91. The standard InChI is InChI=1S/C14H21N3O2/c1-14(2)5-7-16(8-6-14)10-11-3-4-12(15)13(9-11)17(18)19/h3-4,9H,5-8,10,15H2,1-2H3. The lowest BCUT2D eigenvalue weighted by molar-refractivity contribution is -0.384. The molecule has 0 bridgehead atoms. The van der Waals surface area contributed by atoms with Crippen molar-refractivity contribution in [2.75, 3.05) is 18.8 Å². The molecule has 1 fully saturated rings. The predicted octanol–water partition coefficient (Wildman–Crippen LogP) is 2.80. The van der Waals surface area contributed by atoms with Crippen LogP contribution in [0.4, 0.5) is 11.4 Å². The first-order valence-electron chi connectivity index (χ1n) is 6.62. The molecule has 1 aliphatic heterocycles. The third kappa shape index (κ3) is 3.44. The molecule has 0 radical (unpaired) electrons. The van der Waals surface area contributed by atoms with Crippen LogP contribution in [0.3, 0.4) is 0 Å². The SMILES string of the molecule is CC1(C)CCN(Cc2ccc(N)c([N+](=O)[O-])c2)CC1. The topological polar surface area (TPSA) is 72.4 Å². The van der Waals surface area contributed by atoms with Crippen LogP contribution in [0.2, 0.25) is 0 Å². The van der Waals surface area contributed by atoms with E-state index in [1.807, 2.05) is 6.07 Å². The molecule has 0 aromatic heterocycles. The number of nitrogens with zero attached hydrogens (tertiary/aromatic N) is 2. The Morgan fingerprint density at radius 3 is 2.58 bits per heavy atom. The van der Waals surface area contributed by atoms with Crippen LogP contribution in [0.15, 0.2) is 18.2 Å². The van der Waals surface area contributed by atoms with E-state index in [1.54, 1.807) is 12.1 Å². The zero-order valence-electron chi connectivity index (χ0n) is 11.6. The van der Waals surface area contributed by atoms with Gasteiger partial charge in [-0.25, -0.2) is 0 Å². The summed E-state index contributed by atoms with van der Waals surface area (Å²) in [6, 6.07) is 5.10. The van der Waals surface area contributed by atoms with Crippen molar-refractivity contribution in [1.82, 2.24) is 4.90 Å². The highest BCUT2D eigenvalue weighted by atomic mass is 16.6. The van der Waals surface area contributed by atoms with Gasteiger partial charge in [0.05, 0.1) is 4.92 Å². The van der Waals surface area contributed by atoms with Gasteiger partial charge in [0.2, 0.25) is 0 Å². The van der Waals surface area contributed by atoms with E-state index in [1.165, 1.54) is 12.8 Å². The largest absolute Gasteiger partial charge is 0.393 e. The summed E-state index contributed by atoms with van der Waals surface area (Å²) in [5.41, 5.74) is 7.22. The first-order valence-corrected chi connectivity index (χ1v) is 6.62. The summed E-state index contributed by atoms with van der Waals surface area (Å²) in [6.45, 7) is 7.43. The van der Waals surface area contributed by atoms with Gasteiger partial charge in [0.1, 0.15) is 5.69 Å². The molecule has 1 aromatic rings. The fourth-order valence-corrected chi connectivity index (χ4v) is 2.42. The molecule has 1 aromatic carbocycles. The van der Waals surface area contributed by atoms with Crippen molar-refractivity contribution in [2.24, 2.45) is 5.41 Å². The Morgan fingerprint density at radius 2 is 2.00 bits per heavy atom. The Kier molecular flexibility index (Phi) is 3.75. The van der Waals surface area contributed by atoms with E-state index in [0.29, 0.717) is 5.41 Å². The number of piperidine rings is 1. The summed E-state index contributed by atoms with van der Waals surface area (Å²) in [4.78, 5) is 12.8. The molecule has 1 saturated heterocycles. The number of nitro groups is 1. The summed E-state index contributed by atoms with van der Waals surface area (Å²) in [7, 11) is 0. The van der Waals surface area contributed by atoms with Gasteiger partial charge in [0.15, 0.2) is 0 Å². The van der Waals surface area contributed by atoms with E-state index in [4.69, 9.17) is 5.73 Å². The molecule has 104 valence electrons. The lowest BCUT2D eigenvalue weighted by Crippen LogP contribution is -2.36. The molecule has 5 nitrogen and oxygen atoms in total. The molecule has 1 heterocycles. The van der Waals surface area contributed by atoms with Crippen molar-refractivity contribution in [3.8, 4) is 0 Å². The molecule has 2 N–H and O–H groups in total. The van der Waals surface area contributed by atoms with E-state index < -0.39 is 4.92 Å². The molecule has 19 heavy (non-hydrogen) atoms. The average molecular weight is 263 g/mol. The summed E-state index contributed by atoms with van der Waals surface area (Å²) < 4.78 is 0. The number of anilines is 1. The summed E-state index contributed by atoms with van der Waals surface area (Å²) >= 11 is 0. The number of rotatable bonds is 3. The van der Waals surface area contributed by atoms with Gasteiger partial charge in [0, 0.05) is 12.6 Å². The molecule has 0 saturated carbocycles. The van der Waals surface area contributed by atoms with Crippen LogP contribution in [0, 0.1) is 15.5 Å². The van der Waals surface area contributed by atoms with Crippen molar-refractivity contribution in [2.45, 2.75) is 33.2 Å². The van der Waals surface area contributed by atoms with Crippen LogP contribution in [-0.4, -0.2) is 22.9 Å². The van der Waals surface area contributed by atoms with Gasteiger partial charge in [-0.3, -0.25) is 15.0 Å². The third-order valence-corrected chi connectivity index (χ3v) is 3.91. The monoisotopic (exact) mass is 263 g/mol. The molecule has 0 spiro atoms. The van der Waals surface area contributed by atoms with Gasteiger partial charge < -0.3 is 5.73 Å². The Balaban J connectivity index is 2.04. The van der Waals surface area contributed by atoms with Gasteiger partial charge in [-0.2, -0.15) is 0 Å². The van der Waals surface area contributed by atoms with Crippen LogP contribution >= 0.6 is 0 Å². The lowest BCUT2D eigenvalue weighted by Gasteiger charge is -2.36. The second-order valence-corrected chi connectivity index (χ2v) is 6.09. The minimum atomic E-state index is -0.419. The fourth-order valence-electron chi connectivity index (χ4n) is 2.42. The maximum atomic E-state index is 10.9. The maximum Gasteiger partial charge on any atom is 0.292 e. The molecule has 0 unspecified atom stereocenters. The highest BCUT2D eigenvalue weighted by Crippen LogP contribution is 2.31. The Bertz CT molecular complexity index is 476. The van der Waals surface area contributed by atoms with Gasteiger partial charge in [0.25, 0.3) is 5.69 Å². The molecule has 0 amide bonds. The number of likely N-dealkylation sites (tertiary alicyclic amines) is 1. The second-order valence-electron chi connectivity index (χ2n) is 6.09. The van der Waals surface area contributed by atoms with Crippen molar-refractivity contribution >= 4 is 11.4 Å². The number of nitrogens with two attached hydrogens (primary N) is 1. The summed E-state index contributed by atoms with van der Waals surface area (Å²) in [5, 5.41) is 10.9. The normalized spacial score (nSPS) is 19.3. The molecule has 1 aliphatic rings. The Labute approximate surface area is 113 Å². The average Bonchev–Trinajstić information content (AvgIpc) is 2.34. The smallest absolute Gasteiger partial charge is 0.292 e. The maximum absolute atomic E-state index is 10.9. The van der Waals surface area contributed by atoms with Crippen LogP contribution in [0.25, 0.3) is 0 Å². The quantitative estimate of drug-likeness (QED) is 0.517. The predicted molar refractivity (Wildman–Crippen MR) is 75.8 cm³/mol. The number of hydrogen-bond acceptors (Lipinski definition) is 4. The second kappa shape index (κ2) is 5.17.